The molecule has 3 N–H and O–H groups in total. The van der Waals surface area contributed by atoms with Gasteiger partial charge in [-0.05, 0) is 64.2 Å². The van der Waals surface area contributed by atoms with Gasteiger partial charge in [0.2, 0.25) is 0 Å². The molecule has 7 nitrogen and oxygen atoms in total. The summed E-state index contributed by atoms with van der Waals surface area (Å²) in [6.45, 7) is 10.5. The van der Waals surface area contributed by atoms with Crippen molar-refractivity contribution in [2.24, 2.45) is 0 Å². The highest BCUT2D eigenvalue weighted by Gasteiger charge is 2.09. The van der Waals surface area contributed by atoms with Crippen molar-refractivity contribution in [3.63, 3.8) is 0 Å². The molecule has 0 aromatic carbocycles. The largest absolute Gasteiger partial charge is 0.466 e. The van der Waals surface area contributed by atoms with Crippen molar-refractivity contribution >= 4 is 19.8 Å². The first-order valence-corrected chi connectivity index (χ1v) is 20.1. The Morgan fingerprint density at radius 3 is 0.957 bits per heavy atom. The van der Waals surface area contributed by atoms with E-state index in [4.69, 9.17) is 24.0 Å². The van der Waals surface area contributed by atoms with Crippen LogP contribution in [0, 0.1) is 0 Å². The van der Waals surface area contributed by atoms with Crippen LogP contribution in [0.25, 0.3) is 0 Å². The monoisotopic (exact) mass is 673 g/mol. The molecule has 272 valence electrons. The maximum Gasteiger partial charge on any atom is 0.466 e. The van der Waals surface area contributed by atoms with Crippen LogP contribution >= 0.6 is 7.82 Å². The van der Waals surface area contributed by atoms with Gasteiger partial charge >= 0.3 is 19.8 Å². The first-order chi connectivity index (χ1) is 22.2. The summed E-state index contributed by atoms with van der Waals surface area (Å²) in [5.74, 6) is -0.684. The minimum Gasteiger partial charge on any atom is -0.393 e. The van der Waals surface area contributed by atoms with Crippen molar-refractivity contribution in [1.82, 2.24) is 0 Å². The second-order valence-corrected chi connectivity index (χ2v) is 13.1. The zero-order valence-corrected chi connectivity index (χ0v) is 30.8. The van der Waals surface area contributed by atoms with Crippen molar-refractivity contribution in [2.75, 3.05) is 0 Å². The van der Waals surface area contributed by atoms with Gasteiger partial charge in [-0.1, -0.05) is 141 Å². The van der Waals surface area contributed by atoms with E-state index < -0.39 is 7.82 Å². The van der Waals surface area contributed by atoms with Gasteiger partial charge in [0.25, 0.3) is 0 Å². The van der Waals surface area contributed by atoms with Gasteiger partial charge in [-0.15, -0.1) is 13.2 Å². The highest BCUT2D eigenvalue weighted by molar-refractivity contribution is 7.45. The molecule has 8 heteroatoms. The molecule has 0 aliphatic heterocycles. The van der Waals surface area contributed by atoms with Gasteiger partial charge in [0.15, 0.2) is 0 Å². The van der Waals surface area contributed by atoms with E-state index in [0.717, 1.165) is 38.5 Å². The summed E-state index contributed by atoms with van der Waals surface area (Å²) in [5, 5.41) is 0. The molecule has 0 aliphatic carbocycles. The normalized spacial score (nSPS) is 11.2. The van der Waals surface area contributed by atoms with E-state index in [9.17, 15) is 9.59 Å². The molecule has 0 saturated carbocycles. The summed E-state index contributed by atoms with van der Waals surface area (Å²) in [6.07, 6.45) is 42.2. The van der Waals surface area contributed by atoms with Crippen LogP contribution in [0.5, 0.6) is 0 Å². The van der Waals surface area contributed by atoms with Crippen LogP contribution < -0.4 is 0 Å². The third-order valence-corrected chi connectivity index (χ3v) is 7.51. The van der Waals surface area contributed by atoms with Crippen molar-refractivity contribution < 1.29 is 33.6 Å². The van der Waals surface area contributed by atoms with Crippen LogP contribution in [0.4, 0.5) is 0 Å². The SMILES string of the molecule is C=C.CCCCCCCCC=CCCCCCCCC(=O)OC(=O)CCCCCCCC=CCCCCCCCC.O=P(O)(O)O. The molecule has 0 aromatic heterocycles. The maximum absolute atomic E-state index is 11.9. The third kappa shape index (κ3) is 54.9. The lowest BCUT2D eigenvalue weighted by Gasteiger charge is -2.04. The zero-order chi connectivity index (χ0) is 35.0. The first-order valence-electron chi connectivity index (χ1n) is 18.5. The standard InChI is InChI=1S/C36H66O3.C2H4.H3O4P/c1-3-5-7-9-11-13-15-17-19-21-23-25-27-29-31-33-35(37)39-36(38)34-32-30-28-26-24-22-20-18-16-14-12-10-8-6-4-2;1-2;1-5(2,3)4/h17-20H,3-16,21-34H2,1-2H3;1-2H2;(H3,1,2,3,4). The molecule has 0 fully saturated rings. The molecule has 0 spiro atoms. The van der Waals surface area contributed by atoms with Crippen LogP contribution in [0.15, 0.2) is 37.5 Å². The summed E-state index contributed by atoms with van der Waals surface area (Å²) in [7, 11) is -4.64. The Kier molecular flexibility index (Phi) is 44.1. The number of esters is 2. The summed E-state index contributed by atoms with van der Waals surface area (Å²) in [5.41, 5.74) is 0. The van der Waals surface area contributed by atoms with Crippen molar-refractivity contribution in [3.8, 4) is 0 Å². The van der Waals surface area contributed by atoms with Crippen molar-refractivity contribution in [2.45, 2.75) is 194 Å². The van der Waals surface area contributed by atoms with E-state index >= 15 is 0 Å². The lowest BCUT2D eigenvalue weighted by molar-refractivity contribution is -0.159. The number of allylic oxidation sites excluding steroid dienone is 4. The quantitative estimate of drug-likeness (QED) is 0.0228. The Morgan fingerprint density at radius 1 is 0.478 bits per heavy atom. The number of carbonyl (C=O) groups excluding carboxylic acids is 2. The average Bonchev–Trinajstić information content (AvgIpc) is 3.01. The van der Waals surface area contributed by atoms with Gasteiger partial charge in [0, 0.05) is 12.8 Å². The van der Waals surface area contributed by atoms with Gasteiger partial charge in [0.1, 0.15) is 0 Å². The van der Waals surface area contributed by atoms with Crippen molar-refractivity contribution in [1.29, 1.82) is 0 Å². The molecule has 0 bridgehead atoms. The molecule has 0 heterocycles. The molecule has 0 amide bonds. The topological polar surface area (TPSA) is 121 Å². The molecule has 0 radical (unpaired) electrons. The smallest absolute Gasteiger partial charge is 0.393 e. The second kappa shape index (κ2) is 41.5. The van der Waals surface area contributed by atoms with Gasteiger partial charge in [-0.25, -0.2) is 4.57 Å². The van der Waals surface area contributed by atoms with E-state index in [1.807, 2.05) is 0 Å². The molecular formula is C38H73O7P. The third-order valence-electron chi connectivity index (χ3n) is 7.51. The Labute approximate surface area is 284 Å². The molecule has 0 saturated heterocycles. The lowest BCUT2D eigenvalue weighted by Crippen LogP contribution is -2.11. The highest BCUT2D eigenvalue weighted by atomic mass is 31.2. The highest BCUT2D eigenvalue weighted by Crippen LogP contribution is 2.25. The number of carbonyl (C=O) groups is 2. The van der Waals surface area contributed by atoms with Gasteiger partial charge in [-0.3, -0.25) is 9.59 Å². The van der Waals surface area contributed by atoms with Crippen LogP contribution in [0.1, 0.15) is 194 Å². The van der Waals surface area contributed by atoms with Crippen LogP contribution in [0.3, 0.4) is 0 Å². The lowest BCUT2D eigenvalue weighted by atomic mass is 10.1. The number of ether oxygens (including phenoxy) is 1. The van der Waals surface area contributed by atoms with E-state index in [1.54, 1.807) is 0 Å². The van der Waals surface area contributed by atoms with E-state index in [1.165, 1.54) is 128 Å². The molecule has 46 heavy (non-hydrogen) atoms. The Morgan fingerprint density at radius 2 is 0.696 bits per heavy atom. The Hall–Kier alpha value is -1.53. The fourth-order valence-electron chi connectivity index (χ4n) is 4.91. The van der Waals surface area contributed by atoms with Gasteiger partial charge in [-0.2, -0.15) is 0 Å². The molecule has 0 aliphatic rings. The fourth-order valence-corrected chi connectivity index (χ4v) is 4.91. The number of hydrogen-bond acceptors (Lipinski definition) is 4. The summed E-state index contributed by atoms with van der Waals surface area (Å²) in [6, 6.07) is 0. The van der Waals surface area contributed by atoms with Crippen LogP contribution in [-0.2, 0) is 18.9 Å². The van der Waals surface area contributed by atoms with Gasteiger partial charge in [0.05, 0.1) is 0 Å². The molecule has 0 rings (SSSR count). The van der Waals surface area contributed by atoms with Crippen LogP contribution in [0.2, 0.25) is 0 Å². The fraction of sp³-hybridized carbons (Fsp3) is 0.789. The second-order valence-electron chi connectivity index (χ2n) is 12.0. The molecule has 0 atom stereocenters. The summed E-state index contributed by atoms with van der Waals surface area (Å²) >= 11 is 0. The predicted molar refractivity (Wildman–Crippen MR) is 196 cm³/mol. The number of hydrogen-bond donors (Lipinski definition) is 3. The number of unbranched alkanes of at least 4 members (excludes halogenated alkanes) is 22. The minimum atomic E-state index is -4.64. The molecule has 0 aromatic rings. The summed E-state index contributed by atoms with van der Waals surface area (Å²) < 4.78 is 13.9. The average molecular weight is 673 g/mol. The minimum absolute atomic E-state index is 0.342. The molecule has 0 unspecified atom stereocenters. The van der Waals surface area contributed by atoms with E-state index in [2.05, 4.69) is 51.3 Å². The van der Waals surface area contributed by atoms with Crippen molar-refractivity contribution in [3.05, 3.63) is 37.5 Å². The summed E-state index contributed by atoms with van der Waals surface area (Å²) in [4.78, 5) is 45.3. The maximum atomic E-state index is 11.9. The van der Waals surface area contributed by atoms with E-state index in [0.29, 0.717) is 12.8 Å². The number of rotatable bonds is 30. The van der Waals surface area contributed by atoms with E-state index in [-0.39, 0.29) is 11.9 Å². The first kappa shape index (κ1) is 48.9. The molecular weight excluding hydrogens is 599 g/mol. The predicted octanol–water partition coefficient (Wildman–Crippen LogP) is 12.0. The van der Waals surface area contributed by atoms with Crippen LogP contribution in [-0.4, -0.2) is 26.6 Å². The zero-order valence-electron chi connectivity index (χ0n) is 29.9. The Bertz CT molecular complexity index is 687. The Balaban J connectivity index is -0.00000239. The number of phosphoric acid groups is 1. The van der Waals surface area contributed by atoms with Gasteiger partial charge < -0.3 is 19.4 Å².